The van der Waals surface area contributed by atoms with E-state index in [0.717, 1.165) is 17.5 Å². The first-order valence-corrected chi connectivity index (χ1v) is 7.83. The third-order valence-corrected chi connectivity index (χ3v) is 3.80. The van der Waals surface area contributed by atoms with Crippen molar-refractivity contribution in [2.75, 3.05) is 12.4 Å². The van der Waals surface area contributed by atoms with Crippen molar-refractivity contribution in [3.63, 3.8) is 0 Å². The molecule has 2 rings (SSSR count). The van der Waals surface area contributed by atoms with Crippen LogP contribution in [0.4, 0.5) is 10.5 Å². The summed E-state index contributed by atoms with van der Waals surface area (Å²) in [6.45, 7) is 3.85. The van der Waals surface area contributed by atoms with E-state index in [9.17, 15) is 9.59 Å². The van der Waals surface area contributed by atoms with Crippen molar-refractivity contribution in [3.05, 3.63) is 47.3 Å². The molecule has 0 aliphatic carbocycles. The first-order chi connectivity index (χ1) is 11.4. The maximum Gasteiger partial charge on any atom is 0.319 e. The van der Waals surface area contributed by atoms with E-state index in [2.05, 4.69) is 21.0 Å². The molecule has 0 radical (unpaired) electrons. The molecule has 0 saturated carbocycles. The molecule has 1 atom stereocenters. The molecule has 3 N–H and O–H groups in total. The summed E-state index contributed by atoms with van der Waals surface area (Å²) in [5.41, 5.74) is 3.01. The number of aryl methyl sites for hydroxylation is 2. The second kappa shape index (κ2) is 7.63. The molecule has 1 aromatic heterocycles. The number of aromatic nitrogens is 2. The van der Waals surface area contributed by atoms with Crippen LogP contribution in [0.15, 0.2) is 30.6 Å². The van der Waals surface area contributed by atoms with Crippen molar-refractivity contribution in [1.29, 1.82) is 0 Å². The maximum absolute atomic E-state index is 12.3. The van der Waals surface area contributed by atoms with Gasteiger partial charge in [-0.25, -0.2) is 4.79 Å². The number of anilines is 1. The number of rotatable bonds is 5. The molecule has 7 nitrogen and oxygen atoms in total. The van der Waals surface area contributed by atoms with E-state index in [-0.39, 0.29) is 18.0 Å². The quantitative estimate of drug-likeness (QED) is 0.787. The van der Waals surface area contributed by atoms with Crippen LogP contribution < -0.4 is 16.0 Å². The third-order valence-electron chi connectivity index (χ3n) is 3.80. The molecule has 1 heterocycles. The van der Waals surface area contributed by atoms with E-state index in [1.807, 2.05) is 27.1 Å². The Hall–Kier alpha value is -2.83. The molecule has 24 heavy (non-hydrogen) atoms. The number of carbonyl (C=O) groups is 2. The lowest BCUT2D eigenvalue weighted by atomic mass is 10.1. The number of urea groups is 1. The largest absolute Gasteiger partial charge is 0.355 e. The lowest BCUT2D eigenvalue weighted by Crippen LogP contribution is -2.32. The van der Waals surface area contributed by atoms with Crippen LogP contribution in [-0.4, -0.2) is 28.8 Å². The second-order valence-electron chi connectivity index (χ2n) is 5.62. The Morgan fingerprint density at radius 3 is 2.62 bits per heavy atom. The Balaban J connectivity index is 2.05. The Labute approximate surface area is 141 Å². The highest BCUT2D eigenvalue weighted by atomic mass is 16.2. The number of nitrogens with one attached hydrogen (secondary N) is 3. The van der Waals surface area contributed by atoms with E-state index >= 15 is 0 Å². The molecular formula is C17H23N5O2. The van der Waals surface area contributed by atoms with Gasteiger partial charge in [0.2, 0.25) is 0 Å². The summed E-state index contributed by atoms with van der Waals surface area (Å²) in [4.78, 5) is 23.9. The summed E-state index contributed by atoms with van der Waals surface area (Å²) in [5, 5.41) is 12.5. The van der Waals surface area contributed by atoms with Gasteiger partial charge >= 0.3 is 6.03 Å². The normalized spacial score (nSPS) is 11.7. The van der Waals surface area contributed by atoms with Crippen molar-refractivity contribution in [3.8, 4) is 0 Å². The van der Waals surface area contributed by atoms with Gasteiger partial charge in [0.15, 0.2) is 0 Å². The third kappa shape index (κ3) is 4.13. The second-order valence-corrected chi connectivity index (χ2v) is 5.62. The summed E-state index contributed by atoms with van der Waals surface area (Å²) in [5.74, 6) is -0.156. The van der Waals surface area contributed by atoms with Crippen LogP contribution in [0.25, 0.3) is 0 Å². The fourth-order valence-electron chi connectivity index (χ4n) is 2.45. The maximum atomic E-state index is 12.3. The summed E-state index contributed by atoms with van der Waals surface area (Å²) < 4.78 is 1.71. The van der Waals surface area contributed by atoms with Crippen LogP contribution in [0, 0.1) is 6.92 Å². The van der Waals surface area contributed by atoms with E-state index in [1.54, 1.807) is 36.1 Å². The van der Waals surface area contributed by atoms with Crippen molar-refractivity contribution < 1.29 is 9.59 Å². The van der Waals surface area contributed by atoms with Gasteiger partial charge in [-0.15, -0.1) is 0 Å². The summed E-state index contributed by atoms with van der Waals surface area (Å²) in [6.07, 6.45) is 4.39. The smallest absolute Gasteiger partial charge is 0.319 e. The molecule has 128 valence electrons. The summed E-state index contributed by atoms with van der Waals surface area (Å²) >= 11 is 0. The van der Waals surface area contributed by atoms with Gasteiger partial charge < -0.3 is 16.0 Å². The summed E-state index contributed by atoms with van der Waals surface area (Å²) in [7, 11) is 3.42. The first kappa shape index (κ1) is 17.5. The van der Waals surface area contributed by atoms with E-state index in [0.29, 0.717) is 11.3 Å². The highest BCUT2D eigenvalue weighted by Gasteiger charge is 2.15. The van der Waals surface area contributed by atoms with Crippen LogP contribution in [0.3, 0.4) is 0 Å². The van der Waals surface area contributed by atoms with Crippen molar-refractivity contribution >= 4 is 17.6 Å². The van der Waals surface area contributed by atoms with Crippen molar-refractivity contribution in [1.82, 2.24) is 20.4 Å². The minimum Gasteiger partial charge on any atom is -0.355 e. The molecule has 0 saturated heterocycles. The molecule has 1 aromatic carbocycles. The Morgan fingerprint density at radius 2 is 2.08 bits per heavy atom. The monoisotopic (exact) mass is 329 g/mol. The average molecular weight is 329 g/mol. The highest BCUT2D eigenvalue weighted by molar-refractivity contribution is 5.96. The SMILES string of the molecule is CCC(NC(=O)Nc1ccc(C(=O)NC)cc1C)c1cnn(C)c1. The highest BCUT2D eigenvalue weighted by Crippen LogP contribution is 2.18. The predicted molar refractivity (Wildman–Crippen MR) is 93.0 cm³/mol. The van der Waals surface area contributed by atoms with Crippen LogP contribution in [0.5, 0.6) is 0 Å². The number of hydrogen-bond donors (Lipinski definition) is 3. The molecule has 1 unspecified atom stereocenters. The number of hydrogen-bond acceptors (Lipinski definition) is 3. The fourth-order valence-corrected chi connectivity index (χ4v) is 2.45. The predicted octanol–water partition coefficient (Wildman–Crippen LogP) is 2.36. The molecule has 0 aliphatic heterocycles. The van der Waals surface area contributed by atoms with Gasteiger partial charge in [0.1, 0.15) is 0 Å². The topological polar surface area (TPSA) is 88.1 Å². The number of amides is 3. The molecule has 3 amide bonds. The zero-order valence-electron chi connectivity index (χ0n) is 14.4. The standard InChI is InChI=1S/C17H23N5O2/c1-5-14(13-9-19-22(4)10-13)20-17(24)21-15-7-6-12(8-11(15)2)16(23)18-3/h6-10,14H,5H2,1-4H3,(H,18,23)(H2,20,21,24). The van der Waals surface area contributed by atoms with Crippen molar-refractivity contribution in [2.45, 2.75) is 26.3 Å². The fraction of sp³-hybridized carbons (Fsp3) is 0.353. The van der Waals surface area contributed by atoms with E-state index in [4.69, 9.17) is 0 Å². The van der Waals surface area contributed by atoms with Gasteiger partial charge in [-0.05, 0) is 37.1 Å². The van der Waals surface area contributed by atoms with E-state index < -0.39 is 0 Å². The lowest BCUT2D eigenvalue weighted by Gasteiger charge is -2.17. The molecule has 0 spiro atoms. The Kier molecular flexibility index (Phi) is 5.57. The minimum atomic E-state index is -0.290. The first-order valence-electron chi connectivity index (χ1n) is 7.83. The van der Waals surface area contributed by atoms with Gasteiger partial charge in [-0.1, -0.05) is 6.92 Å². The molecule has 0 bridgehead atoms. The zero-order chi connectivity index (χ0) is 17.7. The summed E-state index contributed by atoms with van der Waals surface area (Å²) in [6, 6.07) is 4.75. The zero-order valence-corrected chi connectivity index (χ0v) is 14.4. The average Bonchev–Trinajstić information content (AvgIpc) is 3.00. The van der Waals surface area contributed by atoms with Crippen LogP contribution in [0.2, 0.25) is 0 Å². The van der Waals surface area contributed by atoms with Crippen LogP contribution in [0.1, 0.15) is 40.9 Å². The minimum absolute atomic E-state index is 0.107. The molecule has 2 aromatic rings. The van der Waals surface area contributed by atoms with Crippen LogP contribution in [-0.2, 0) is 7.05 Å². The number of benzene rings is 1. The van der Waals surface area contributed by atoms with Crippen molar-refractivity contribution in [2.24, 2.45) is 7.05 Å². The van der Waals surface area contributed by atoms with Gasteiger partial charge in [-0.2, -0.15) is 5.10 Å². The number of nitrogens with zero attached hydrogens (tertiary/aromatic N) is 2. The number of carbonyl (C=O) groups excluding carboxylic acids is 2. The van der Waals surface area contributed by atoms with Gasteiger partial charge in [0, 0.05) is 37.1 Å². The van der Waals surface area contributed by atoms with Crippen LogP contribution >= 0.6 is 0 Å². The lowest BCUT2D eigenvalue weighted by molar-refractivity contribution is 0.0963. The van der Waals surface area contributed by atoms with Gasteiger partial charge in [0.25, 0.3) is 5.91 Å². The van der Waals surface area contributed by atoms with Gasteiger partial charge in [0.05, 0.1) is 12.2 Å². The molecule has 7 heteroatoms. The van der Waals surface area contributed by atoms with E-state index in [1.165, 1.54) is 0 Å². The molecular weight excluding hydrogens is 306 g/mol. The Morgan fingerprint density at radius 1 is 1.33 bits per heavy atom. The van der Waals surface area contributed by atoms with Gasteiger partial charge in [-0.3, -0.25) is 9.48 Å². The molecule has 0 fully saturated rings. The Bertz CT molecular complexity index is 738. The molecule has 0 aliphatic rings.